The van der Waals surface area contributed by atoms with Crippen LogP contribution in [0.3, 0.4) is 0 Å². The summed E-state index contributed by atoms with van der Waals surface area (Å²) in [7, 11) is 0. The highest BCUT2D eigenvalue weighted by molar-refractivity contribution is 6.21. The Morgan fingerprint density at radius 2 is 0.972 bits per heavy atom. The zero-order valence-electron chi connectivity index (χ0n) is 19.2. The number of hydrogen-bond acceptors (Lipinski definition) is 4. The molecule has 0 aliphatic rings. The van der Waals surface area contributed by atoms with E-state index in [0.29, 0.717) is 11.1 Å². The van der Waals surface area contributed by atoms with Gasteiger partial charge in [-0.2, -0.15) is 10.5 Å². The van der Waals surface area contributed by atoms with Gasteiger partial charge in [0.25, 0.3) is 0 Å². The highest BCUT2D eigenvalue weighted by atomic mass is 14.6. The molecule has 6 rings (SSSR count). The molecular formula is C32H18N4. The van der Waals surface area contributed by atoms with Crippen molar-refractivity contribution in [1.29, 1.82) is 10.5 Å². The number of hydrogen-bond donors (Lipinski definition) is 0. The predicted octanol–water partition coefficient (Wildman–Crippen LogP) is 7.53. The summed E-state index contributed by atoms with van der Waals surface area (Å²) >= 11 is 0. The summed E-state index contributed by atoms with van der Waals surface area (Å²) in [4.78, 5) is 8.71. The van der Waals surface area contributed by atoms with E-state index in [9.17, 15) is 10.5 Å². The molecule has 0 saturated carbocycles. The van der Waals surface area contributed by atoms with Crippen LogP contribution in [0, 0.1) is 22.7 Å². The van der Waals surface area contributed by atoms with E-state index in [2.05, 4.69) is 64.6 Å². The number of rotatable bonds is 3. The van der Waals surface area contributed by atoms with Crippen molar-refractivity contribution in [3.8, 4) is 45.5 Å². The molecule has 0 radical (unpaired) electrons. The van der Waals surface area contributed by atoms with E-state index in [1.54, 1.807) is 12.4 Å². The van der Waals surface area contributed by atoms with Crippen LogP contribution in [0.15, 0.2) is 110 Å². The summed E-state index contributed by atoms with van der Waals surface area (Å²) in [5.41, 5.74) is 7.07. The van der Waals surface area contributed by atoms with Crippen molar-refractivity contribution in [2.75, 3.05) is 0 Å². The Morgan fingerprint density at radius 1 is 0.444 bits per heavy atom. The van der Waals surface area contributed by atoms with E-state index in [1.807, 2.05) is 54.9 Å². The Kier molecular flexibility index (Phi) is 5.19. The van der Waals surface area contributed by atoms with E-state index in [1.165, 1.54) is 0 Å². The van der Waals surface area contributed by atoms with Gasteiger partial charge in [-0.1, -0.05) is 66.7 Å². The Balaban J connectivity index is 1.79. The molecule has 2 heterocycles. The zero-order valence-corrected chi connectivity index (χ0v) is 19.2. The van der Waals surface area contributed by atoms with Crippen molar-refractivity contribution < 1.29 is 0 Å². The number of pyridine rings is 2. The third kappa shape index (κ3) is 3.55. The van der Waals surface area contributed by atoms with Crippen molar-refractivity contribution in [3.63, 3.8) is 0 Å². The molecular weight excluding hydrogens is 440 g/mol. The lowest BCUT2D eigenvalue weighted by Crippen LogP contribution is -1.93. The molecule has 0 aliphatic carbocycles. The quantitative estimate of drug-likeness (QED) is 0.257. The molecule has 6 aromatic rings. The molecule has 4 aromatic carbocycles. The van der Waals surface area contributed by atoms with Crippen molar-refractivity contribution >= 4 is 21.5 Å². The number of nitrogens with zero attached hydrogens (tertiary/aromatic N) is 4. The van der Waals surface area contributed by atoms with Gasteiger partial charge in [0.05, 0.1) is 11.1 Å². The maximum atomic E-state index is 9.55. The highest BCUT2D eigenvalue weighted by Gasteiger charge is 2.18. The van der Waals surface area contributed by atoms with Crippen LogP contribution in [0.2, 0.25) is 0 Å². The van der Waals surface area contributed by atoms with E-state index in [0.717, 1.165) is 54.9 Å². The van der Waals surface area contributed by atoms with Crippen LogP contribution in [0.5, 0.6) is 0 Å². The third-order valence-electron chi connectivity index (χ3n) is 6.44. The van der Waals surface area contributed by atoms with Crippen LogP contribution in [0.25, 0.3) is 54.9 Å². The van der Waals surface area contributed by atoms with Crippen LogP contribution in [0.1, 0.15) is 11.1 Å². The second-order valence-corrected chi connectivity index (χ2v) is 8.57. The number of aromatic nitrogens is 2. The fraction of sp³-hybridized carbons (Fsp3) is 0. The summed E-state index contributed by atoms with van der Waals surface area (Å²) in [5.74, 6) is 0. The van der Waals surface area contributed by atoms with Crippen molar-refractivity contribution in [1.82, 2.24) is 9.97 Å². The first-order valence-corrected chi connectivity index (χ1v) is 11.5. The fourth-order valence-electron chi connectivity index (χ4n) is 4.89. The minimum atomic E-state index is 0.513. The summed E-state index contributed by atoms with van der Waals surface area (Å²) in [6.45, 7) is 0. The van der Waals surface area contributed by atoms with Gasteiger partial charge in [0, 0.05) is 35.9 Å². The summed E-state index contributed by atoms with van der Waals surface area (Å²) < 4.78 is 0. The lowest BCUT2D eigenvalue weighted by Gasteiger charge is -2.18. The van der Waals surface area contributed by atoms with Crippen molar-refractivity contribution in [3.05, 3.63) is 121 Å². The van der Waals surface area contributed by atoms with Gasteiger partial charge in [0.1, 0.15) is 12.1 Å². The first-order valence-electron chi connectivity index (χ1n) is 11.5. The average molecular weight is 459 g/mol. The van der Waals surface area contributed by atoms with Gasteiger partial charge in [0.15, 0.2) is 0 Å². The third-order valence-corrected chi connectivity index (χ3v) is 6.44. The average Bonchev–Trinajstić information content (AvgIpc) is 2.96. The molecule has 36 heavy (non-hydrogen) atoms. The first-order chi connectivity index (χ1) is 17.8. The topological polar surface area (TPSA) is 73.4 Å². The van der Waals surface area contributed by atoms with E-state index in [4.69, 9.17) is 0 Å². The smallest absolute Gasteiger partial charge is 0.101 e. The van der Waals surface area contributed by atoms with Gasteiger partial charge in [-0.15, -0.1) is 0 Å². The maximum Gasteiger partial charge on any atom is 0.101 e. The molecule has 4 heteroatoms. The zero-order chi connectivity index (χ0) is 24.5. The molecule has 0 spiro atoms. The minimum absolute atomic E-state index is 0.513. The Labute approximate surface area is 208 Å². The minimum Gasteiger partial charge on any atom is -0.263 e. The standard InChI is InChI=1S/C32H18N4/c33-15-21-12-25(19-35-17-21)31-27-8-4-5-9-28(27)32(26-13-22(16-34)18-36-20-26)30-14-24(10-11-29(30)31)23-6-2-1-3-7-23/h1-14,17-20H. The second kappa shape index (κ2) is 8.80. The highest BCUT2D eigenvalue weighted by Crippen LogP contribution is 2.44. The molecule has 4 nitrogen and oxygen atoms in total. The van der Waals surface area contributed by atoms with Gasteiger partial charge in [-0.3, -0.25) is 9.97 Å². The van der Waals surface area contributed by atoms with Crippen LogP contribution >= 0.6 is 0 Å². The van der Waals surface area contributed by atoms with Crippen LogP contribution in [-0.4, -0.2) is 9.97 Å². The largest absolute Gasteiger partial charge is 0.263 e. The molecule has 0 N–H and O–H groups in total. The summed E-state index contributed by atoms with van der Waals surface area (Å²) in [6.07, 6.45) is 6.78. The Bertz CT molecular complexity index is 1860. The lowest BCUT2D eigenvalue weighted by atomic mass is 9.85. The van der Waals surface area contributed by atoms with E-state index in [-0.39, 0.29) is 0 Å². The fourth-order valence-corrected chi connectivity index (χ4v) is 4.89. The second-order valence-electron chi connectivity index (χ2n) is 8.57. The van der Waals surface area contributed by atoms with Gasteiger partial charge in [-0.25, -0.2) is 0 Å². The maximum absolute atomic E-state index is 9.55. The van der Waals surface area contributed by atoms with Crippen LogP contribution < -0.4 is 0 Å². The normalized spacial score (nSPS) is 10.7. The Morgan fingerprint density at radius 3 is 1.56 bits per heavy atom. The van der Waals surface area contributed by atoms with Crippen LogP contribution in [0.4, 0.5) is 0 Å². The summed E-state index contributed by atoms with van der Waals surface area (Å²) in [6, 6.07) is 33.2. The van der Waals surface area contributed by atoms with Gasteiger partial charge in [0.2, 0.25) is 0 Å². The van der Waals surface area contributed by atoms with Gasteiger partial charge >= 0.3 is 0 Å². The van der Waals surface area contributed by atoms with Crippen LogP contribution in [-0.2, 0) is 0 Å². The molecule has 0 aliphatic heterocycles. The molecule has 0 bridgehead atoms. The molecule has 166 valence electrons. The molecule has 0 fully saturated rings. The van der Waals surface area contributed by atoms with Crippen molar-refractivity contribution in [2.45, 2.75) is 0 Å². The molecule has 0 atom stereocenters. The first kappa shape index (κ1) is 21.2. The Hall–Kier alpha value is -5.32. The monoisotopic (exact) mass is 458 g/mol. The van der Waals surface area contributed by atoms with E-state index >= 15 is 0 Å². The SMILES string of the molecule is N#Cc1cncc(-c2c3ccccc3c(-c3cncc(C#N)c3)c3cc(-c4ccccc4)ccc23)c1. The molecule has 0 saturated heterocycles. The molecule has 0 unspecified atom stereocenters. The molecule has 0 amide bonds. The van der Waals surface area contributed by atoms with Crippen molar-refractivity contribution in [2.24, 2.45) is 0 Å². The predicted molar refractivity (Wildman–Crippen MR) is 143 cm³/mol. The molecule has 2 aromatic heterocycles. The van der Waals surface area contributed by atoms with Gasteiger partial charge in [-0.05, 0) is 62.0 Å². The number of fused-ring (bicyclic) bond motifs is 2. The van der Waals surface area contributed by atoms with E-state index < -0.39 is 0 Å². The number of benzene rings is 4. The lowest BCUT2D eigenvalue weighted by molar-refractivity contribution is 1.30. The summed E-state index contributed by atoms with van der Waals surface area (Å²) in [5, 5.41) is 23.2. The van der Waals surface area contributed by atoms with Gasteiger partial charge < -0.3 is 0 Å². The number of nitriles is 2.